The monoisotopic (exact) mass is 257 g/mol. The summed E-state index contributed by atoms with van der Waals surface area (Å²) in [6, 6.07) is 11.6. The van der Waals surface area contributed by atoms with Gasteiger partial charge in [0.1, 0.15) is 11.8 Å². The number of aryl methyl sites for hydroxylation is 1. The van der Waals surface area contributed by atoms with Crippen molar-refractivity contribution in [3.63, 3.8) is 0 Å². The van der Waals surface area contributed by atoms with Crippen LogP contribution >= 0.6 is 11.6 Å². The molecule has 1 heterocycles. The summed E-state index contributed by atoms with van der Waals surface area (Å²) in [5, 5.41) is 12.9. The van der Waals surface area contributed by atoms with Crippen molar-refractivity contribution >= 4 is 17.3 Å². The van der Waals surface area contributed by atoms with Crippen LogP contribution in [0.2, 0.25) is 5.02 Å². The van der Waals surface area contributed by atoms with Crippen LogP contribution in [0.25, 0.3) is 0 Å². The molecule has 0 aliphatic carbocycles. The molecule has 0 spiro atoms. The molecule has 0 bridgehead atoms. The molecule has 0 fully saturated rings. The number of anilines is 1. The standard InChI is InChI=1S/C14H12ClN3/c1-10-4-5-12(7-13(10)15)18-9-11-3-2-6-17-14(11)8-16/h2-7,18H,9H2,1H3. The first kappa shape index (κ1) is 12.4. The number of rotatable bonds is 3. The Morgan fingerprint density at radius 3 is 2.94 bits per heavy atom. The second-order valence-corrected chi connectivity index (χ2v) is 4.35. The Morgan fingerprint density at radius 1 is 1.39 bits per heavy atom. The first-order valence-corrected chi connectivity index (χ1v) is 5.92. The van der Waals surface area contributed by atoms with Gasteiger partial charge < -0.3 is 5.32 Å². The Kier molecular flexibility index (Phi) is 3.81. The van der Waals surface area contributed by atoms with E-state index in [0.717, 1.165) is 21.8 Å². The van der Waals surface area contributed by atoms with Crippen LogP contribution in [-0.2, 0) is 6.54 Å². The van der Waals surface area contributed by atoms with E-state index >= 15 is 0 Å². The molecule has 0 aliphatic rings. The van der Waals surface area contributed by atoms with E-state index < -0.39 is 0 Å². The fraction of sp³-hybridized carbons (Fsp3) is 0.143. The van der Waals surface area contributed by atoms with E-state index in [0.29, 0.717) is 12.2 Å². The summed E-state index contributed by atoms with van der Waals surface area (Å²) in [5.41, 5.74) is 3.29. The molecule has 0 amide bonds. The van der Waals surface area contributed by atoms with Crippen LogP contribution in [0.5, 0.6) is 0 Å². The van der Waals surface area contributed by atoms with E-state index in [1.807, 2.05) is 37.3 Å². The molecule has 1 N–H and O–H groups in total. The Labute approximate surface area is 111 Å². The third-order valence-electron chi connectivity index (χ3n) is 2.65. The van der Waals surface area contributed by atoms with Crippen LogP contribution in [0, 0.1) is 18.3 Å². The normalized spacial score (nSPS) is 9.83. The van der Waals surface area contributed by atoms with Gasteiger partial charge in [-0.05, 0) is 30.7 Å². The average Bonchev–Trinajstić information content (AvgIpc) is 2.40. The van der Waals surface area contributed by atoms with Gasteiger partial charge in [-0.2, -0.15) is 5.26 Å². The molecule has 1 aromatic carbocycles. The van der Waals surface area contributed by atoms with Gasteiger partial charge in [0, 0.05) is 29.0 Å². The Morgan fingerprint density at radius 2 is 2.22 bits per heavy atom. The number of halogens is 1. The minimum absolute atomic E-state index is 0.447. The Bertz CT molecular complexity index is 602. The van der Waals surface area contributed by atoms with Gasteiger partial charge in [0.15, 0.2) is 0 Å². The molecular formula is C14H12ClN3. The topological polar surface area (TPSA) is 48.7 Å². The molecule has 0 saturated carbocycles. The number of nitrogens with zero attached hydrogens (tertiary/aromatic N) is 2. The maximum absolute atomic E-state index is 8.93. The van der Waals surface area contributed by atoms with Crippen molar-refractivity contribution in [2.45, 2.75) is 13.5 Å². The van der Waals surface area contributed by atoms with Crippen molar-refractivity contribution in [2.75, 3.05) is 5.32 Å². The molecule has 90 valence electrons. The van der Waals surface area contributed by atoms with Crippen molar-refractivity contribution < 1.29 is 0 Å². The molecule has 0 radical (unpaired) electrons. The summed E-state index contributed by atoms with van der Waals surface area (Å²) in [7, 11) is 0. The van der Waals surface area contributed by atoms with Crippen molar-refractivity contribution in [1.29, 1.82) is 5.26 Å². The summed E-state index contributed by atoms with van der Waals surface area (Å²) in [6.45, 7) is 2.51. The smallest absolute Gasteiger partial charge is 0.145 e. The minimum Gasteiger partial charge on any atom is -0.381 e. The first-order valence-electron chi connectivity index (χ1n) is 5.54. The van der Waals surface area contributed by atoms with Gasteiger partial charge >= 0.3 is 0 Å². The fourth-order valence-corrected chi connectivity index (χ4v) is 1.76. The van der Waals surface area contributed by atoms with Gasteiger partial charge in [0.2, 0.25) is 0 Å². The molecule has 0 saturated heterocycles. The van der Waals surface area contributed by atoms with Crippen LogP contribution in [0.4, 0.5) is 5.69 Å². The van der Waals surface area contributed by atoms with Crippen molar-refractivity contribution in [2.24, 2.45) is 0 Å². The molecule has 3 nitrogen and oxygen atoms in total. The molecular weight excluding hydrogens is 246 g/mol. The van der Waals surface area contributed by atoms with E-state index in [-0.39, 0.29) is 0 Å². The highest BCUT2D eigenvalue weighted by Gasteiger charge is 2.02. The second-order valence-electron chi connectivity index (χ2n) is 3.94. The van der Waals surface area contributed by atoms with Gasteiger partial charge in [-0.1, -0.05) is 23.7 Å². The fourth-order valence-electron chi connectivity index (χ4n) is 1.58. The predicted molar refractivity (Wildman–Crippen MR) is 72.5 cm³/mol. The highest BCUT2D eigenvalue weighted by molar-refractivity contribution is 6.31. The number of hydrogen-bond acceptors (Lipinski definition) is 3. The minimum atomic E-state index is 0.447. The number of aromatic nitrogens is 1. The van der Waals surface area contributed by atoms with Crippen molar-refractivity contribution in [3.8, 4) is 6.07 Å². The van der Waals surface area contributed by atoms with Gasteiger partial charge in [-0.15, -0.1) is 0 Å². The lowest BCUT2D eigenvalue weighted by Gasteiger charge is -2.08. The molecule has 0 aliphatic heterocycles. The zero-order valence-electron chi connectivity index (χ0n) is 9.94. The van der Waals surface area contributed by atoms with E-state index in [4.69, 9.17) is 16.9 Å². The molecule has 18 heavy (non-hydrogen) atoms. The van der Waals surface area contributed by atoms with E-state index in [9.17, 15) is 0 Å². The summed E-state index contributed by atoms with van der Waals surface area (Å²) in [4.78, 5) is 4.01. The third kappa shape index (κ3) is 2.79. The number of nitriles is 1. The largest absolute Gasteiger partial charge is 0.381 e. The summed E-state index contributed by atoms with van der Waals surface area (Å²) >= 11 is 6.05. The maximum Gasteiger partial charge on any atom is 0.145 e. The highest BCUT2D eigenvalue weighted by Crippen LogP contribution is 2.20. The highest BCUT2D eigenvalue weighted by atomic mass is 35.5. The predicted octanol–water partition coefficient (Wildman–Crippen LogP) is 3.53. The molecule has 0 atom stereocenters. The quantitative estimate of drug-likeness (QED) is 0.915. The lowest BCUT2D eigenvalue weighted by molar-refractivity contribution is 1.09. The maximum atomic E-state index is 8.93. The van der Waals surface area contributed by atoms with Gasteiger partial charge in [0.25, 0.3) is 0 Å². The third-order valence-corrected chi connectivity index (χ3v) is 3.06. The number of benzene rings is 1. The van der Waals surface area contributed by atoms with Crippen LogP contribution in [-0.4, -0.2) is 4.98 Å². The second kappa shape index (κ2) is 5.52. The lowest BCUT2D eigenvalue weighted by Crippen LogP contribution is -2.02. The van der Waals surface area contributed by atoms with Crippen LogP contribution < -0.4 is 5.32 Å². The SMILES string of the molecule is Cc1ccc(NCc2cccnc2C#N)cc1Cl. The van der Waals surface area contributed by atoms with Crippen LogP contribution in [0.15, 0.2) is 36.5 Å². The molecule has 4 heteroatoms. The zero-order chi connectivity index (χ0) is 13.0. The molecule has 1 aromatic heterocycles. The molecule has 2 rings (SSSR count). The molecule has 2 aromatic rings. The Hall–Kier alpha value is -2.05. The van der Waals surface area contributed by atoms with Crippen molar-refractivity contribution in [1.82, 2.24) is 4.98 Å². The average molecular weight is 258 g/mol. The van der Waals surface area contributed by atoms with E-state index in [1.165, 1.54) is 0 Å². The molecule has 0 unspecified atom stereocenters. The van der Waals surface area contributed by atoms with Crippen LogP contribution in [0.1, 0.15) is 16.8 Å². The lowest BCUT2D eigenvalue weighted by atomic mass is 10.2. The summed E-state index contributed by atoms with van der Waals surface area (Å²) in [6.07, 6.45) is 1.62. The first-order chi connectivity index (χ1) is 8.70. The van der Waals surface area contributed by atoms with E-state index in [1.54, 1.807) is 6.20 Å². The summed E-state index contributed by atoms with van der Waals surface area (Å²) in [5.74, 6) is 0. The van der Waals surface area contributed by atoms with Crippen LogP contribution in [0.3, 0.4) is 0 Å². The Balaban J connectivity index is 2.12. The number of nitrogens with one attached hydrogen (secondary N) is 1. The van der Waals surface area contributed by atoms with Gasteiger partial charge in [-0.25, -0.2) is 4.98 Å². The summed E-state index contributed by atoms with van der Waals surface area (Å²) < 4.78 is 0. The van der Waals surface area contributed by atoms with Gasteiger partial charge in [-0.3, -0.25) is 0 Å². The number of pyridine rings is 1. The van der Waals surface area contributed by atoms with Crippen molar-refractivity contribution in [3.05, 3.63) is 58.4 Å². The van der Waals surface area contributed by atoms with Gasteiger partial charge in [0.05, 0.1) is 0 Å². The number of hydrogen-bond donors (Lipinski definition) is 1. The zero-order valence-corrected chi connectivity index (χ0v) is 10.7. The van der Waals surface area contributed by atoms with E-state index in [2.05, 4.69) is 16.4 Å².